The van der Waals surface area contributed by atoms with E-state index in [2.05, 4.69) is 68.3 Å². The molecule has 100 valence electrons. The van der Waals surface area contributed by atoms with Gasteiger partial charge in [-0.3, -0.25) is 0 Å². The number of nitrogens with zero attached hydrogens (tertiary/aromatic N) is 1. The summed E-state index contributed by atoms with van der Waals surface area (Å²) in [5, 5.41) is 0. The molecule has 0 aliphatic heterocycles. The third-order valence-corrected chi connectivity index (χ3v) is 3.55. The number of rotatable bonds is 4. The zero-order valence-corrected chi connectivity index (χ0v) is 12.0. The first-order valence-electron chi connectivity index (χ1n) is 6.72. The van der Waals surface area contributed by atoms with Crippen LogP contribution < -0.4 is 10.6 Å². The van der Waals surface area contributed by atoms with Gasteiger partial charge in [0.25, 0.3) is 0 Å². The summed E-state index contributed by atoms with van der Waals surface area (Å²) in [5.74, 6) is 0. The lowest BCUT2D eigenvalue weighted by atomic mass is 10.0. The van der Waals surface area contributed by atoms with Gasteiger partial charge in [0.1, 0.15) is 0 Å². The first-order valence-corrected chi connectivity index (χ1v) is 6.72. The van der Waals surface area contributed by atoms with Gasteiger partial charge in [0.15, 0.2) is 0 Å². The Morgan fingerprint density at radius 3 is 2.16 bits per heavy atom. The van der Waals surface area contributed by atoms with Gasteiger partial charge in [-0.2, -0.15) is 0 Å². The highest BCUT2D eigenvalue weighted by Crippen LogP contribution is 2.25. The van der Waals surface area contributed by atoms with Crippen LogP contribution in [0.5, 0.6) is 0 Å². The van der Waals surface area contributed by atoms with Gasteiger partial charge in [-0.1, -0.05) is 23.8 Å². The van der Waals surface area contributed by atoms with Crippen LogP contribution in [0.2, 0.25) is 0 Å². The van der Waals surface area contributed by atoms with Crippen molar-refractivity contribution in [3.8, 4) is 0 Å². The van der Waals surface area contributed by atoms with E-state index in [1.165, 1.54) is 28.1 Å². The predicted octanol–water partition coefficient (Wildman–Crippen LogP) is 3.57. The topological polar surface area (TPSA) is 29.3 Å². The summed E-state index contributed by atoms with van der Waals surface area (Å²) >= 11 is 0. The Balaban J connectivity index is 2.26. The molecule has 2 aromatic rings. The van der Waals surface area contributed by atoms with Crippen LogP contribution in [0, 0.1) is 13.8 Å². The van der Waals surface area contributed by atoms with E-state index in [4.69, 9.17) is 5.73 Å². The third-order valence-electron chi connectivity index (χ3n) is 3.55. The second-order valence-electron chi connectivity index (χ2n) is 5.04. The minimum atomic E-state index is 0.702. The molecule has 0 unspecified atom stereocenters. The highest BCUT2D eigenvalue weighted by atomic mass is 15.1. The van der Waals surface area contributed by atoms with E-state index in [9.17, 15) is 0 Å². The normalized spacial score (nSPS) is 10.5. The summed E-state index contributed by atoms with van der Waals surface area (Å²) in [5.41, 5.74) is 12.0. The van der Waals surface area contributed by atoms with Crippen LogP contribution in [0.25, 0.3) is 0 Å². The zero-order valence-electron chi connectivity index (χ0n) is 12.0. The number of aryl methyl sites for hydroxylation is 2. The van der Waals surface area contributed by atoms with E-state index in [0.29, 0.717) is 6.54 Å². The Bertz CT molecular complexity index is 544. The van der Waals surface area contributed by atoms with E-state index >= 15 is 0 Å². The summed E-state index contributed by atoms with van der Waals surface area (Å²) in [4.78, 5) is 2.21. The molecule has 0 bridgehead atoms. The van der Waals surface area contributed by atoms with Gasteiger partial charge in [-0.05, 0) is 62.2 Å². The van der Waals surface area contributed by atoms with E-state index in [-0.39, 0.29) is 0 Å². The summed E-state index contributed by atoms with van der Waals surface area (Å²) in [6.45, 7) is 4.96. The summed E-state index contributed by atoms with van der Waals surface area (Å²) in [7, 11) is 2.10. The lowest BCUT2D eigenvalue weighted by Gasteiger charge is -2.21. The predicted molar refractivity (Wildman–Crippen MR) is 83.2 cm³/mol. The van der Waals surface area contributed by atoms with Gasteiger partial charge < -0.3 is 10.6 Å². The standard InChI is InChI=1S/C17H22N2/c1-13-4-7-16(8-5-13)19(3)17-9-6-15(10-11-18)14(2)12-17/h4-9,12H,10-11,18H2,1-3H3. The van der Waals surface area contributed by atoms with Gasteiger partial charge in [-0.15, -0.1) is 0 Å². The third kappa shape index (κ3) is 3.15. The average Bonchev–Trinajstić information content (AvgIpc) is 2.41. The zero-order chi connectivity index (χ0) is 13.8. The molecule has 2 rings (SSSR count). The molecule has 0 aliphatic carbocycles. The van der Waals surface area contributed by atoms with E-state index in [0.717, 1.165) is 6.42 Å². The Morgan fingerprint density at radius 1 is 0.947 bits per heavy atom. The number of benzene rings is 2. The summed E-state index contributed by atoms with van der Waals surface area (Å²) in [6.07, 6.45) is 0.945. The van der Waals surface area contributed by atoms with Crippen LogP contribution in [-0.2, 0) is 6.42 Å². The van der Waals surface area contributed by atoms with Crippen molar-refractivity contribution in [2.24, 2.45) is 5.73 Å². The molecule has 0 fully saturated rings. The SMILES string of the molecule is Cc1ccc(N(C)c2ccc(CCN)c(C)c2)cc1. The second kappa shape index (κ2) is 5.89. The minimum Gasteiger partial charge on any atom is -0.345 e. The molecule has 0 heterocycles. The molecule has 2 nitrogen and oxygen atoms in total. The number of hydrogen-bond donors (Lipinski definition) is 1. The van der Waals surface area contributed by atoms with E-state index < -0.39 is 0 Å². The molecule has 19 heavy (non-hydrogen) atoms. The van der Waals surface area contributed by atoms with Crippen molar-refractivity contribution >= 4 is 11.4 Å². The van der Waals surface area contributed by atoms with Crippen molar-refractivity contribution in [1.82, 2.24) is 0 Å². The van der Waals surface area contributed by atoms with Crippen LogP contribution in [0.1, 0.15) is 16.7 Å². The largest absolute Gasteiger partial charge is 0.345 e. The maximum Gasteiger partial charge on any atom is 0.0410 e. The van der Waals surface area contributed by atoms with Gasteiger partial charge >= 0.3 is 0 Å². The first-order chi connectivity index (χ1) is 9.11. The van der Waals surface area contributed by atoms with Gasteiger partial charge in [0, 0.05) is 18.4 Å². The molecule has 0 amide bonds. The Labute approximate surface area is 115 Å². The molecular weight excluding hydrogens is 232 g/mol. The molecule has 2 N–H and O–H groups in total. The van der Waals surface area contributed by atoms with E-state index in [1.807, 2.05) is 0 Å². The fourth-order valence-electron chi connectivity index (χ4n) is 2.24. The summed E-state index contributed by atoms with van der Waals surface area (Å²) in [6, 6.07) is 15.2. The maximum absolute atomic E-state index is 5.62. The molecule has 0 saturated heterocycles. The number of anilines is 2. The van der Waals surface area contributed by atoms with Crippen LogP contribution in [-0.4, -0.2) is 13.6 Å². The van der Waals surface area contributed by atoms with Crippen molar-refractivity contribution in [2.75, 3.05) is 18.5 Å². The van der Waals surface area contributed by atoms with E-state index in [1.54, 1.807) is 0 Å². The van der Waals surface area contributed by atoms with Crippen LogP contribution in [0.15, 0.2) is 42.5 Å². The second-order valence-corrected chi connectivity index (χ2v) is 5.04. The van der Waals surface area contributed by atoms with Crippen LogP contribution in [0.4, 0.5) is 11.4 Å². The minimum absolute atomic E-state index is 0.702. The number of nitrogens with two attached hydrogens (primary N) is 1. The van der Waals surface area contributed by atoms with Crippen molar-refractivity contribution in [3.05, 3.63) is 59.2 Å². The smallest absolute Gasteiger partial charge is 0.0410 e. The maximum atomic E-state index is 5.62. The molecule has 0 aliphatic rings. The monoisotopic (exact) mass is 254 g/mol. The molecule has 0 saturated carbocycles. The molecular formula is C17H22N2. The van der Waals surface area contributed by atoms with Crippen molar-refractivity contribution in [3.63, 3.8) is 0 Å². The Kier molecular flexibility index (Phi) is 4.23. The van der Waals surface area contributed by atoms with Crippen molar-refractivity contribution < 1.29 is 0 Å². The van der Waals surface area contributed by atoms with Crippen molar-refractivity contribution in [1.29, 1.82) is 0 Å². The first kappa shape index (κ1) is 13.6. The lowest BCUT2D eigenvalue weighted by Crippen LogP contribution is -2.10. The summed E-state index contributed by atoms with van der Waals surface area (Å²) < 4.78 is 0. The molecule has 0 atom stereocenters. The molecule has 2 heteroatoms. The highest BCUT2D eigenvalue weighted by molar-refractivity contribution is 5.63. The van der Waals surface area contributed by atoms with Gasteiger partial charge in [-0.25, -0.2) is 0 Å². The Hall–Kier alpha value is -1.80. The molecule has 2 aromatic carbocycles. The molecule has 0 aromatic heterocycles. The molecule has 0 spiro atoms. The molecule has 0 radical (unpaired) electrons. The lowest BCUT2D eigenvalue weighted by molar-refractivity contribution is 0.957. The highest BCUT2D eigenvalue weighted by Gasteiger charge is 2.05. The average molecular weight is 254 g/mol. The van der Waals surface area contributed by atoms with Crippen LogP contribution in [0.3, 0.4) is 0 Å². The fraction of sp³-hybridized carbons (Fsp3) is 0.294. The van der Waals surface area contributed by atoms with Gasteiger partial charge in [0.2, 0.25) is 0 Å². The van der Waals surface area contributed by atoms with Crippen LogP contribution >= 0.6 is 0 Å². The fourth-order valence-corrected chi connectivity index (χ4v) is 2.24. The van der Waals surface area contributed by atoms with Crippen molar-refractivity contribution in [2.45, 2.75) is 20.3 Å². The van der Waals surface area contributed by atoms with Gasteiger partial charge in [0.05, 0.1) is 0 Å². The Morgan fingerprint density at radius 2 is 1.58 bits per heavy atom. The quantitative estimate of drug-likeness (QED) is 0.903. The number of hydrogen-bond acceptors (Lipinski definition) is 2.